The minimum Gasteiger partial charge on any atom is -0.379 e. The van der Waals surface area contributed by atoms with Crippen molar-refractivity contribution in [3.8, 4) is 0 Å². The van der Waals surface area contributed by atoms with Gasteiger partial charge in [0.25, 0.3) is 0 Å². The predicted octanol–water partition coefficient (Wildman–Crippen LogP) is 2.11. The first kappa shape index (κ1) is 9.40. The molecular weight excluding hydrogens is 206 g/mol. The molecule has 1 aromatic carbocycles. The molecule has 1 saturated heterocycles. The fourth-order valence-electron chi connectivity index (χ4n) is 2.88. The monoisotopic (exact) mass is 221 g/mol. The summed E-state index contributed by atoms with van der Waals surface area (Å²) in [4.78, 5) is 0. The number of fused-ring (bicyclic) bond motifs is 4. The number of rotatable bonds is 0. The third-order valence-electron chi connectivity index (χ3n) is 3.40. The Kier molecular flexibility index (Phi) is 1.93. The van der Waals surface area contributed by atoms with Crippen LogP contribution in [0.15, 0.2) is 24.3 Å². The molecule has 80 valence electrons. The molecule has 1 aromatic rings. The highest BCUT2D eigenvalue weighted by atomic mass is 32.2. The number of nitrogens with one attached hydrogen (secondary N) is 1. The summed E-state index contributed by atoms with van der Waals surface area (Å²) in [6.45, 7) is 2.19. The SMILES string of the molecule is C[C@]12C[C@H](CS(=O)C1)c1ccccc1N2. The Hall–Kier alpha value is -0.830. The van der Waals surface area contributed by atoms with E-state index in [0.717, 1.165) is 17.9 Å². The van der Waals surface area contributed by atoms with Crippen LogP contribution in [0.3, 0.4) is 0 Å². The summed E-state index contributed by atoms with van der Waals surface area (Å²) in [7, 11) is -0.658. The van der Waals surface area contributed by atoms with E-state index in [0.29, 0.717) is 5.92 Å². The predicted molar refractivity (Wildman–Crippen MR) is 63.7 cm³/mol. The van der Waals surface area contributed by atoms with E-state index in [9.17, 15) is 4.21 Å². The molecule has 0 amide bonds. The van der Waals surface area contributed by atoms with E-state index in [1.165, 1.54) is 11.3 Å². The maximum absolute atomic E-state index is 11.8. The van der Waals surface area contributed by atoms with Gasteiger partial charge in [-0.05, 0) is 30.9 Å². The van der Waals surface area contributed by atoms with Gasteiger partial charge in [-0.2, -0.15) is 0 Å². The molecule has 0 radical (unpaired) electrons. The van der Waals surface area contributed by atoms with E-state index in [2.05, 4.69) is 36.5 Å². The van der Waals surface area contributed by atoms with E-state index in [4.69, 9.17) is 0 Å². The number of hydrogen-bond donors (Lipinski definition) is 1. The molecule has 2 nitrogen and oxygen atoms in total. The first-order valence-electron chi connectivity index (χ1n) is 5.38. The van der Waals surface area contributed by atoms with Crippen LogP contribution in [0.4, 0.5) is 5.69 Å². The average molecular weight is 221 g/mol. The van der Waals surface area contributed by atoms with Gasteiger partial charge >= 0.3 is 0 Å². The Labute approximate surface area is 92.5 Å². The summed E-state index contributed by atoms with van der Waals surface area (Å²) >= 11 is 0. The largest absolute Gasteiger partial charge is 0.379 e. The molecule has 0 saturated carbocycles. The van der Waals surface area contributed by atoms with Gasteiger partial charge in [-0.1, -0.05) is 18.2 Å². The van der Waals surface area contributed by atoms with Crippen molar-refractivity contribution < 1.29 is 4.21 Å². The third-order valence-corrected chi connectivity index (χ3v) is 5.13. The molecule has 2 heterocycles. The highest BCUT2D eigenvalue weighted by Crippen LogP contribution is 2.42. The minimum absolute atomic E-state index is 0.0438. The maximum Gasteiger partial charge on any atom is 0.0466 e. The minimum atomic E-state index is -0.658. The van der Waals surface area contributed by atoms with Gasteiger partial charge in [-0.3, -0.25) is 4.21 Å². The van der Waals surface area contributed by atoms with Gasteiger partial charge in [0.15, 0.2) is 0 Å². The summed E-state index contributed by atoms with van der Waals surface area (Å²) in [5, 5.41) is 3.54. The highest BCUT2D eigenvalue weighted by Gasteiger charge is 2.40. The molecule has 0 aromatic heterocycles. The van der Waals surface area contributed by atoms with Gasteiger partial charge in [-0.15, -0.1) is 0 Å². The topological polar surface area (TPSA) is 29.1 Å². The lowest BCUT2D eigenvalue weighted by Gasteiger charge is -2.44. The van der Waals surface area contributed by atoms with Gasteiger partial charge in [0.05, 0.1) is 0 Å². The molecule has 0 spiro atoms. The van der Waals surface area contributed by atoms with Crippen molar-refractivity contribution in [2.45, 2.75) is 24.8 Å². The van der Waals surface area contributed by atoms with E-state index in [-0.39, 0.29) is 5.54 Å². The van der Waals surface area contributed by atoms with E-state index < -0.39 is 10.8 Å². The van der Waals surface area contributed by atoms with Gasteiger partial charge in [0.1, 0.15) is 0 Å². The van der Waals surface area contributed by atoms with Crippen LogP contribution in [0, 0.1) is 0 Å². The molecule has 1 fully saturated rings. The Morgan fingerprint density at radius 1 is 1.47 bits per heavy atom. The van der Waals surface area contributed by atoms with Crippen LogP contribution >= 0.6 is 0 Å². The van der Waals surface area contributed by atoms with Gasteiger partial charge in [0.2, 0.25) is 0 Å². The summed E-state index contributed by atoms with van der Waals surface area (Å²) in [5.41, 5.74) is 2.64. The van der Waals surface area contributed by atoms with Gasteiger partial charge in [-0.25, -0.2) is 0 Å². The van der Waals surface area contributed by atoms with Crippen LogP contribution in [-0.4, -0.2) is 21.3 Å². The number of benzene rings is 1. The van der Waals surface area contributed by atoms with Crippen LogP contribution in [0.1, 0.15) is 24.8 Å². The first-order chi connectivity index (χ1) is 7.16. The normalized spacial score (nSPS) is 37.9. The summed E-state index contributed by atoms with van der Waals surface area (Å²) < 4.78 is 11.8. The second kappa shape index (κ2) is 3.08. The Bertz CT molecular complexity index is 431. The van der Waals surface area contributed by atoms with E-state index in [1.54, 1.807) is 0 Å². The zero-order chi connectivity index (χ0) is 10.5. The second-order valence-electron chi connectivity index (χ2n) is 4.92. The van der Waals surface area contributed by atoms with Crippen LogP contribution in [0.5, 0.6) is 0 Å². The van der Waals surface area contributed by atoms with Crippen molar-refractivity contribution in [1.82, 2.24) is 0 Å². The Balaban J connectivity index is 2.10. The van der Waals surface area contributed by atoms with E-state index >= 15 is 0 Å². The highest BCUT2D eigenvalue weighted by molar-refractivity contribution is 7.85. The molecule has 2 bridgehead atoms. The fraction of sp³-hybridized carbons (Fsp3) is 0.500. The molecule has 1 N–H and O–H groups in total. The van der Waals surface area contributed by atoms with Crippen molar-refractivity contribution in [3.63, 3.8) is 0 Å². The molecular formula is C12H15NOS. The number of para-hydroxylation sites is 1. The standard InChI is InChI=1S/C12H15NOS/c1-12-6-9(7-15(14)8-12)10-4-2-3-5-11(10)13-12/h2-5,9,13H,6-8H2,1H3/t9-,12+,15?/m1/s1. The molecule has 2 aliphatic heterocycles. The van der Waals surface area contributed by atoms with Gasteiger partial charge in [0, 0.05) is 33.5 Å². The zero-order valence-corrected chi connectivity index (χ0v) is 9.64. The summed E-state index contributed by atoms with van der Waals surface area (Å²) in [6.07, 6.45) is 1.12. The Morgan fingerprint density at radius 3 is 3.13 bits per heavy atom. The van der Waals surface area contributed by atoms with Crippen molar-refractivity contribution in [2.75, 3.05) is 16.8 Å². The van der Waals surface area contributed by atoms with Crippen molar-refractivity contribution in [2.24, 2.45) is 0 Å². The lowest BCUT2D eigenvalue weighted by Crippen LogP contribution is -2.49. The lowest BCUT2D eigenvalue weighted by atomic mass is 9.81. The van der Waals surface area contributed by atoms with Crippen molar-refractivity contribution >= 4 is 16.5 Å². The quantitative estimate of drug-likeness (QED) is 0.727. The maximum atomic E-state index is 11.8. The Morgan fingerprint density at radius 2 is 2.27 bits per heavy atom. The average Bonchev–Trinajstić information content (AvgIpc) is 2.15. The lowest BCUT2D eigenvalue weighted by molar-refractivity contribution is 0.441. The number of anilines is 1. The molecule has 3 atom stereocenters. The second-order valence-corrected chi connectivity index (χ2v) is 6.43. The smallest absolute Gasteiger partial charge is 0.0466 e. The molecule has 1 unspecified atom stereocenters. The third kappa shape index (κ3) is 1.49. The van der Waals surface area contributed by atoms with E-state index in [1.807, 2.05) is 0 Å². The van der Waals surface area contributed by atoms with Crippen LogP contribution in [0.25, 0.3) is 0 Å². The summed E-state index contributed by atoms with van der Waals surface area (Å²) in [5.74, 6) is 2.12. The van der Waals surface area contributed by atoms with Crippen molar-refractivity contribution in [1.29, 1.82) is 0 Å². The fourth-order valence-corrected chi connectivity index (χ4v) is 4.64. The van der Waals surface area contributed by atoms with Crippen molar-refractivity contribution in [3.05, 3.63) is 29.8 Å². The van der Waals surface area contributed by atoms with Crippen LogP contribution in [0.2, 0.25) is 0 Å². The first-order valence-corrected chi connectivity index (χ1v) is 6.87. The molecule has 3 rings (SSSR count). The number of hydrogen-bond acceptors (Lipinski definition) is 2. The summed E-state index contributed by atoms with van der Waals surface area (Å²) in [6, 6.07) is 8.43. The van der Waals surface area contributed by atoms with Crippen LogP contribution in [-0.2, 0) is 10.8 Å². The molecule has 2 aliphatic rings. The molecule has 3 heteroatoms. The van der Waals surface area contributed by atoms with Crippen LogP contribution < -0.4 is 5.32 Å². The van der Waals surface area contributed by atoms with Gasteiger partial charge < -0.3 is 5.32 Å². The molecule has 0 aliphatic carbocycles. The zero-order valence-electron chi connectivity index (χ0n) is 8.82. The molecule has 15 heavy (non-hydrogen) atoms.